The SMILES string of the molecule is BC1(B)N(C(=O)CCOC[C@H](C)Oc2cn[nH]c(=O)c2C(F)(F)F)C(B)(B)C(B)(B)N(c2ccc(C#N)cn2)C1(B)B. The molecule has 42 heavy (non-hydrogen) atoms. The van der Waals surface area contributed by atoms with Gasteiger partial charge < -0.3 is 19.3 Å². The van der Waals surface area contributed by atoms with E-state index in [1.807, 2.05) is 42.4 Å². The maximum Gasteiger partial charge on any atom is 0.425 e. The molecule has 21 heteroatoms. The Bertz CT molecular complexity index is 1390. The number of nitrogens with one attached hydrogen (secondary N) is 1. The van der Waals surface area contributed by atoms with E-state index in [9.17, 15) is 28.0 Å². The third-order valence-corrected chi connectivity index (χ3v) is 8.83. The van der Waals surface area contributed by atoms with Crippen LogP contribution in [0.3, 0.4) is 0 Å². The summed E-state index contributed by atoms with van der Waals surface area (Å²) in [6, 6.07) is 5.64. The molecule has 0 radical (unpaired) electrons. The molecule has 214 valence electrons. The molecule has 2 aromatic heterocycles. The van der Waals surface area contributed by atoms with Gasteiger partial charge in [-0.3, -0.25) is 9.59 Å². The van der Waals surface area contributed by atoms with Crippen LogP contribution in [0, 0.1) is 11.3 Å². The topological polar surface area (TPSA) is 124 Å². The minimum absolute atomic E-state index is 0.0106. The van der Waals surface area contributed by atoms with Crippen LogP contribution in [0.2, 0.25) is 0 Å². The highest BCUT2D eigenvalue weighted by molar-refractivity contribution is 6.63. The first-order valence-corrected chi connectivity index (χ1v) is 13.6. The third-order valence-electron chi connectivity index (χ3n) is 8.83. The smallest absolute Gasteiger partial charge is 0.425 e. The second kappa shape index (κ2) is 11.5. The van der Waals surface area contributed by atoms with Gasteiger partial charge >= 0.3 is 6.18 Å². The molecule has 0 bridgehead atoms. The van der Waals surface area contributed by atoms with E-state index in [0.29, 0.717) is 11.4 Å². The Morgan fingerprint density at radius 1 is 1.07 bits per heavy atom. The number of hydrogen-bond donors (Lipinski definition) is 1. The van der Waals surface area contributed by atoms with Crippen molar-refractivity contribution >= 4 is 74.5 Å². The Morgan fingerprint density at radius 2 is 1.67 bits per heavy atom. The molecule has 1 aliphatic rings. The molecule has 1 saturated heterocycles. The van der Waals surface area contributed by atoms with Crippen LogP contribution in [0.15, 0.2) is 29.3 Å². The Morgan fingerprint density at radius 3 is 2.17 bits per heavy atom. The summed E-state index contributed by atoms with van der Waals surface area (Å²) < 4.78 is 50.8. The molecule has 10 nitrogen and oxygen atoms in total. The van der Waals surface area contributed by atoms with Gasteiger partial charge in [0.2, 0.25) is 5.91 Å². The number of aromatic nitrogens is 3. The van der Waals surface area contributed by atoms with E-state index in [-0.39, 0.29) is 25.5 Å². The number of nitriles is 1. The number of piperazine rings is 1. The quantitative estimate of drug-likeness (QED) is 0.244. The number of amides is 1. The second-order valence-electron chi connectivity index (χ2n) is 12.5. The van der Waals surface area contributed by atoms with Gasteiger partial charge in [-0.05, 0) is 40.4 Å². The number of carbonyl (C=O) groups excluding carboxylic acids is 1. The van der Waals surface area contributed by atoms with Crippen LogP contribution >= 0.6 is 0 Å². The van der Waals surface area contributed by atoms with Crippen molar-refractivity contribution in [2.45, 2.75) is 47.0 Å². The Balaban J connectivity index is 1.74. The van der Waals surface area contributed by atoms with Gasteiger partial charge in [-0.1, -0.05) is 0 Å². The lowest BCUT2D eigenvalue weighted by atomic mass is 9.26. The molecular weight excluding hydrogens is 544 g/mol. The van der Waals surface area contributed by atoms with Gasteiger partial charge in [0.15, 0.2) is 11.3 Å². The largest absolute Gasteiger partial charge is 0.486 e. The van der Waals surface area contributed by atoms with Gasteiger partial charge in [0.1, 0.15) is 80.8 Å². The molecule has 1 N–H and O–H groups in total. The predicted molar refractivity (Wildman–Crippen MR) is 173 cm³/mol. The highest BCUT2D eigenvalue weighted by atomic mass is 19.4. The molecule has 1 fully saturated rings. The highest BCUT2D eigenvalue weighted by Gasteiger charge is 2.63. The summed E-state index contributed by atoms with van der Waals surface area (Å²) in [7, 11) is 16.2. The average Bonchev–Trinajstić information content (AvgIpc) is 2.85. The first-order valence-electron chi connectivity index (χ1n) is 13.6. The summed E-state index contributed by atoms with van der Waals surface area (Å²) >= 11 is 0. The van der Waals surface area contributed by atoms with E-state index < -0.39 is 50.5 Å². The normalized spacial score (nSPS) is 19.4. The fourth-order valence-electron chi connectivity index (χ4n) is 5.78. The predicted octanol–water partition coefficient (Wildman–Crippen LogP) is -6.74. The van der Waals surface area contributed by atoms with Crippen LogP contribution in [0.25, 0.3) is 0 Å². The van der Waals surface area contributed by atoms with E-state index in [1.54, 1.807) is 11.2 Å². The molecule has 3 rings (SSSR count). The number of aromatic amines is 1. The lowest BCUT2D eigenvalue weighted by Gasteiger charge is -2.74. The van der Waals surface area contributed by atoms with E-state index >= 15 is 0 Å². The van der Waals surface area contributed by atoms with E-state index in [2.05, 4.69) is 52.4 Å². The summed E-state index contributed by atoms with van der Waals surface area (Å²) in [5.41, 5.74) is -2.41. The Labute approximate surface area is 250 Å². The first kappa shape index (κ1) is 33.4. The van der Waals surface area contributed by atoms with Gasteiger partial charge in [0.05, 0.1) is 31.4 Å². The third kappa shape index (κ3) is 5.87. The Hall–Kier alpha value is -3.14. The fourth-order valence-corrected chi connectivity index (χ4v) is 5.78. The van der Waals surface area contributed by atoms with Crippen LogP contribution in [0.1, 0.15) is 24.5 Å². The summed E-state index contributed by atoms with van der Waals surface area (Å²) in [6.07, 6.45) is -3.40. The van der Waals surface area contributed by atoms with E-state index in [4.69, 9.17) is 9.47 Å². The molecule has 1 aliphatic heterocycles. The van der Waals surface area contributed by atoms with Gasteiger partial charge in [0.25, 0.3) is 5.56 Å². The molecule has 0 unspecified atom stereocenters. The fraction of sp³-hybridized carbons (Fsp3) is 0.476. The summed E-state index contributed by atoms with van der Waals surface area (Å²) in [6.45, 7) is 1.40. The molecule has 0 saturated carbocycles. The summed E-state index contributed by atoms with van der Waals surface area (Å²) in [4.78, 5) is 34.2. The van der Waals surface area contributed by atoms with Crippen molar-refractivity contribution in [3.63, 3.8) is 0 Å². The van der Waals surface area contributed by atoms with Gasteiger partial charge in [-0.2, -0.15) is 23.5 Å². The van der Waals surface area contributed by atoms with Crippen molar-refractivity contribution in [3.8, 4) is 11.8 Å². The van der Waals surface area contributed by atoms with Crippen molar-refractivity contribution < 1.29 is 27.4 Å². The second-order valence-corrected chi connectivity index (χ2v) is 12.5. The number of rotatable bonds is 8. The average molecular weight is 575 g/mol. The van der Waals surface area contributed by atoms with Crippen molar-refractivity contribution in [2.75, 3.05) is 18.1 Å². The van der Waals surface area contributed by atoms with Gasteiger partial charge in [-0.15, -0.1) is 0 Å². The number of nitrogens with zero attached hydrogens (tertiary/aromatic N) is 5. The highest BCUT2D eigenvalue weighted by Crippen LogP contribution is 2.44. The van der Waals surface area contributed by atoms with Gasteiger partial charge in [0, 0.05) is 6.20 Å². The van der Waals surface area contributed by atoms with Crippen molar-refractivity contribution in [2.24, 2.45) is 0 Å². The van der Waals surface area contributed by atoms with Gasteiger partial charge in [-0.25, -0.2) is 10.1 Å². The van der Waals surface area contributed by atoms with Crippen LogP contribution in [0.5, 0.6) is 5.75 Å². The number of anilines is 1. The maximum atomic E-state index is 13.8. The lowest BCUT2D eigenvalue weighted by Crippen LogP contribution is -2.93. The molecule has 1 atom stereocenters. The number of hydrogen-bond acceptors (Lipinski definition) is 8. The number of halogens is 3. The standard InChI is InChI=1S/C21H31B8F3N6O4/c1-10(42-12-8-35-36-16(40)15(12)17(30,31)32)9-41-5-4-14(39)38-20(26,27)18(22,23)37(19(24,25)21(38,28)29)13-3-2-11(6-33)7-34-13/h2-3,7-8,10H,4-5,9,22-29H2,1H3,(H,36,40)/t10-/m0/s1. The molecule has 3 heterocycles. The van der Waals surface area contributed by atoms with E-state index in [1.165, 1.54) is 13.1 Å². The zero-order valence-electron chi connectivity index (χ0n) is 25.5. The minimum atomic E-state index is -4.92. The first-order chi connectivity index (χ1) is 19.2. The van der Waals surface area contributed by atoms with Crippen molar-refractivity contribution in [1.29, 1.82) is 5.26 Å². The molecule has 1 amide bonds. The van der Waals surface area contributed by atoms with Crippen LogP contribution < -0.4 is 15.2 Å². The summed E-state index contributed by atoms with van der Waals surface area (Å²) in [5.74, 6) is -0.148. The monoisotopic (exact) mass is 576 g/mol. The Kier molecular flexibility index (Phi) is 9.14. The lowest BCUT2D eigenvalue weighted by molar-refractivity contribution is -0.141. The zero-order chi connectivity index (χ0) is 31.9. The minimum Gasteiger partial charge on any atom is -0.486 e. The molecule has 0 spiro atoms. The number of alkyl halides is 3. The number of H-pyrrole nitrogens is 1. The molecule has 0 aromatic carbocycles. The molecule has 2 aromatic rings. The van der Waals surface area contributed by atoms with Crippen LogP contribution in [-0.4, -0.2) is 129 Å². The van der Waals surface area contributed by atoms with Crippen molar-refractivity contribution in [1.82, 2.24) is 20.1 Å². The molecule has 0 aliphatic carbocycles. The number of ether oxygens (including phenoxy) is 2. The molecular formula is C21H31B8F3N6O4. The van der Waals surface area contributed by atoms with Crippen LogP contribution in [0.4, 0.5) is 19.0 Å². The van der Waals surface area contributed by atoms with Crippen LogP contribution in [-0.2, 0) is 15.7 Å². The zero-order valence-corrected chi connectivity index (χ0v) is 25.5. The number of carbonyl (C=O) groups is 1. The maximum absolute atomic E-state index is 13.8. The number of pyridine rings is 1. The summed E-state index contributed by atoms with van der Waals surface area (Å²) in [5, 5.41) is 11.8. The van der Waals surface area contributed by atoms with Crippen molar-refractivity contribution in [3.05, 3.63) is 46.0 Å². The van der Waals surface area contributed by atoms with E-state index in [0.717, 1.165) is 6.20 Å².